The van der Waals surface area contributed by atoms with Crippen LogP contribution in [0.4, 0.5) is 10.5 Å². The number of carbonyl (C=O) groups is 1. The summed E-state index contributed by atoms with van der Waals surface area (Å²) in [7, 11) is 1.48. The number of rotatable bonds is 4. The third kappa shape index (κ3) is 4.08. The number of halogens is 1. The van der Waals surface area contributed by atoms with E-state index in [-0.39, 0.29) is 6.03 Å². The lowest BCUT2D eigenvalue weighted by atomic mass is 10.2. The summed E-state index contributed by atoms with van der Waals surface area (Å²) >= 11 is 3.38. The van der Waals surface area contributed by atoms with Gasteiger partial charge in [-0.15, -0.1) is 0 Å². The molecule has 0 fully saturated rings. The van der Waals surface area contributed by atoms with Crippen LogP contribution in [0.5, 0.6) is 0 Å². The SMILES string of the molecule is CON(Cc1ccc(Br)cc1)C(=O)Nc1ccccc1. The Labute approximate surface area is 126 Å². The number of anilines is 1. The molecule has 0 atom stereocenters. The van der Waals surface area contributed by atoms with Crippen LogP contribution >= 0.6 is 15.9 Å². The average Bonchev–Trinajstić information content (AvgIpc) is 2.47. The minimum absolute atomic E-state index is 0.304. The number of urea groups is 1. The Bertz CT molecular complexity index is 558. The van der Waals surface area contributed by atoms with Crippen molar-refractivity contribution in [2.24, 2.45) is 0 Å². The van der Waals surface area contributed by atoms with Crippen LogP contribution in [0.2, 0.25) is 0 Å². The molecule has 0 aliphatic rings. The largest absolute Gasteiger partial charge is 0.346 e. The first kappa shape index (κ1) is 14.6. The van der Waals surface area contributed by atoms with E-state index >= 15 is 0 Å². The van der Waals surface area contributed by atoms with Gasteiger partial charge in [0.2, 0.25) is 0 Å². The number of nitrogens with zero attached hydrogens (tertiary/aromatic N) is 1. The third-order valence-electron chi connectivity index (χ3n) is 2.71. The summed E-state index contributed by atoms with van der Waals surface area (Å²) in [6.45, 7) is 0.377. The van der Waals surface area contributed by atoms with E-state index in [0.717, 1.165) is 15.7 Å². The average molecular weight is 335 g/mol. The lowest BCUT2D eigenvalue weighted by molar-refractivity contribution is -0.0886. The van der Waals surface area contributed by atoms with E-state index in [1.165, 1.54) is 12.2 Å². The second-order valence-corrected chi connectivity index (χ2v) is 5.06. The zero-order chi connectivity index (χ0) is 14.4. The molecule has 2 amide bonds. The Kier molecular flexibility index (Phi) is 5.15. The fourth-order valence-electron chi connectivity index (χ4n) is 1.68. The van der Waals surface area contributed by atoms with Gasteiger partial charge in [-0.3, -0.25) is 4.84 Å². The molecule has 0 aliphatic carbocycles. The molecule has 0 saturated heterocycles. The van der Waals surface area contributed by atoms with Crippen LogP contribution < -0.4 is 5.32 Å². The first-order chi connectivity index (χ1) is 9.69. The van der Waals surface area contributed by atoms with E-state index in [9.17, 15) is 4.79 Å². The van der Waals surface area contributed by atoms with Crippen molar-refractivity contribution in [3.05, 3.63) is 64.6 Å². The standard InChI is InChI=1S/C15H15BrN2O2/c1-20-18(11-12-7-9-13(16)10-8-12)15(19)17-14-5-3-2-4-6-14/h2-10H,11H2,1H3,(H,17,19). The van der Waals surface area contributed by atoms with Crippen LogP contribution in [0.1, 0.15) is 5.56 Å². The van der Waals surface area contributed by atoms with Crippen LogP contribution in [0.3, 0.4) is 0 Å². The molecule has 20 heavy (non-hydrogen) atoms. The maximum atomic E-state index is 12.1. The number of amides is 2. The van der Waals surface area contributed by atoms with Gasteiger partial charge < -0.3 is 5.32 Å². The molecule has 0 bridgehead atoms. The topological polar surface area (TPSA) is 41.6 Å². The van der Waals surface area contributed by atoms with Gasteiger partial charge in [0.15, 0.2) is 0 Å². The van der Waals surface area contributed by atoms with Gasteiger partial charge in [0.1, 0.15) is 0 Å². The molecular formula is C15H15BrN2O2. The Hall–Kier alpha value is -1.85. The highest BCUT2D eigenvalue weighted by atomic mass is 79.9. The predicted octanol–water partition coefficient (Wildman–Crippen LogP) is 4.04. The van der Waals surface area contributed by atoms with E-state index in [4.69, 9.17) is 4.84 Å². The van der Waals surface area contributed by atoms with E-state index in [1.54, 1.807) is 0 Å². The van der Waals surface area contributed by atoms with Crippen LogP contribution in [0, 0.1) is 0 Å². The van der Waals surface area contributed by atoms with Gasteiger partial charge in [0, 0.05) is 10.2 Å². The van der Waals surface area contributed by atoms with Crippen LogP contribution in [-0.4, -0.2) is 18.2 Å². The zero-order valence-corrected chi connectivity index (χ0v) is 12.6. The number of benzene rings is 2. The van der Waals surface area contributed by atoms with Gasteiger partial charge in [0.25, 0.3) is 0 Å². The van der Waals surface area contributed by atoms with E-state index in [2.05, 4.69) is 21.2 Å². The summed E-state index contributed by atoms with van der Waals surface area (Å²) in [6, 6.07) is 16.7. The summed E-state index contributed by atoms with van der Waals surface area (Å²) in [5, 5.41) is 4.05. The maximum absolute atomic E-state index is 12.1. The van der Waals surface area contributed by atoms with Crippen molar-refractivity contribution in [3.8, 4) is 0 Å². The number of hydroxylamine groups is 2. The molecule has 0 aliphatic heterocycles. The first-order valence-corrected chi connectivity index (χ1v) is 6.90. The summed E-state index contributed by atoms with van der Waals surface area (Å²) in [5.74, 6) is 0. The predicted molar refractivity (Wildman–Crippen MR) is 82.2 cm³/mol. The van der Waals surface area contributed by atoms with Crippen molar-refractivity contribution in [3.63, 3.8) is 0 Å². The summed E-state index contributed by atoms with van der Waals surface area (Å²) < 4.78 is 0.999. The highest BCUT2D eigenvalue weighted by Gasteiger charge is 2.13. The van der Waals surface area contributed by atoms with Crippen LogP contribution in [-0.2, 0) is 11.4 Å². The number of carbonyl (C=O) groups excluding carboxylic acids is 1. The minimum atomic E-state index is -0.304. The molecular weight excluding hydrogens is 320 g/mol. The van der Waals surface area contributed by atoms with Gasteiger partial charge in [-0.1, -0.05) is 46.3 Å². The molecule has 2 rings (SSSR count). The lowest BCUT2D eigenvalue weighted by Crippen LogP contribution is -2.33. The van der Waals surface area contributed by atoms with Crippen molar-refractivity contribution in [1.82, 2.24) is 5.06 Å². The van der Waals surface area contributed by atoms with Gasteiger partial charge in [-0.2, -0.15) is 5.06 Å². The molecule has 4 nitrogen and oxygen atoms in total. The van der Waals surface area contributed by atoms with Crippen LogP contribution in [0.25, 0.3) is 0 Å². The quantitative estimate of drug-likeness (QED) is 0.857. The maximum Gasteiger partial charge on any atom is 0.346 e. The molecule has 0 aromatic heterocycles. The third-order valence-corrected chi connectivity index (χ3v) is 3.24. The molecule has 0 unspecified atom stereocenters. The smallest absolute Gasteiger partial charge is 0.306 e. The zero-order valence-electron chi connectivity index (χ0n) is 11.0. The van der Waals surface area contributed by atoms with Gasteiger partial charge in [0.05, 0.1) is 13.7 Å². The van der Waals surface area contributed by atoms with Crippen molar-refractivity contribution < 1.29 is 9.63 Å². The fourth-order valence-corrected chi connectivity index (χ4v) is 1.95. The Balaban J connectivity index is 2.00. The summed E-state index contributed by atoms with van der Waals surface area (Å²) in [5.41, 5.74) is 1.72. The molecule has 0 heterocycles. The van der Waals surface area contributed by atoms with Crippen LogP contribution in [0.15, 0.2) is 59.1 Å². The first-order valence-electron chi connectivity index (χ1n) is 6.11. The Morgan fingerprint density at radius 2 is 1.80 bits per heavy atom. The van der Waals surface area contributed by atoms with E-state index < -0.39 is 0 Å². The number of hydrogen-bond donors (Lipinski definition) is 1. The molecule has 104 valence electrons. The van der Waals surface area contributed by atoms with Gasteiger partial charge in [-0.05, 0) is 29.8 Å². The number of nitrogens with one attached hydrogen (secondary N) is 1. The summed E-state index contributed by atoms with van der Waals surface area (Å²) in [4.78, 5) is 17.2. The van der Waals surface area contributed by atoms with E-state index in [1.807, 2.05) is 54.6 Å². The monoisotopic (exact) mass is 334 g/mol. The van der Waals surface area contributed by atoms with Crippen molar-refractivity contribution in [1.29, 1.82) is 0 Å². The Morgan fingerprint density at radius 3 is 2.40 bits per heavy atom. The normalized spacial score (nSPS) is 10.1. The molecule has 2 aromatic carbocycles. The summed E-state index contributed by atoms with van der Waals surface area (Å²) in [6.07, 6.45) is 0. The molecule has 0 saturated carbocycles. The molecule has 2 aromatic rings. The Morgan fingerprint density at radius 1 is 1.15 bits per heavy atom. The van der Waals surface area contributed by atoms with Crippen molar-refractivity contribution in [2.75, 3.05) is 12.4 Å². The molecule has 0 spiro atoms. The second kappa shape index (κ2) is 7.07. The highest BCUT2D eigenvalue weighted by Crippen LogP contribution is 2.13. The lowest BCUT2D eigenvalue weighted by Gasteiger charge is -2.20. The van der Waals surface area contributed by atoms with Gasteiger partial charge in [-0.25, -0.2) is 4.79 Å². The fraction of sp³-hybridized carbons (Fsp3) is 0.133. The number of para-hydroxylation sites is 1. The van der Waals surface area contributed by atoms with Gasteiger partial charge >= 0.3 is 6.03 Å². The molecule has 5 heteroatoms. The molecule has 0 radical (unpaired) electrons. The highest BCUT2D eigenvalue weighted by molar-refractivity contribution is 9.10. The van der Waals surface area contributed by atoms with Crippen molar-refractivity contribution >= 4 is 27.6 Å². The minimum Gasteiger partial charge on any atom is -0.306 e. The molecule has 1 N–H and O–H groups in total. The van der Waals surface area contributed by atoms with E-state index in [0.29, 0.717) is 6.54 Å². The van der Waals surface area contributed by atoms with Crippen molar-refractivity contribution in [2.45, 2.75) is 6.54 Å². The number of hydrogen-bond acceptors (Lipinski definition) is 2. The second-order valence-electron chi connectivity index (χ2n) is 4.14.